The molecule has 1 fully saturated rings. The Kier molecular flexibility index (Phi) is 12.1. The molecular weight excluding hydrogens is 521 g/mol. The molecule has 0 radical (unpaired) electrons. The Balaban J connectivity index is 2.18. The van der Waals surface area contributed by atoms with Crippen LogP contribution < -0.4 is 4.74 Å². The molecule has 0 spiro atoms. The van der Waals surface area contributed by atoms with Gasteiger partial charge >= 0.3 is 12.1 Å². The molecule has 1 N–H and O–H groups in total. The van der Waals surface area contributed by atoms with Crippen LogP contribution in [0.3, 0.4) is 0 Å². The molecule has 0 amide bonds. The van der Waals surface area contributed by atoms with Crippen molar-refractivity contribution < 1.29 is 32.2 Å². The largest absolute Gasteiger partial charge is 0.493 e. The van der Waals surface area contributed by atoms with E-state index >= 15 is 0 Å². The molecule has 39 heavy (non-hydrogen) atoms. The van der Waals surface area contributed by atoms with E-state index in [0.717, 1.165) is 37.8 Å². The third-order valence-corrected chi connectivity index (χ3v) is 11.5. The molecule has 0 unspecified atom stereocenters. The highest BCUT2D eigenvalue weighted by molar-refractivity contribution is 6.72. The van der Waals surface area contributed by atoms with Gasteiger partial charge in [-0.05, 0) is 80.8 Å². The number of unbranched alkanes of at least 4 members (excludes halogenated alkanes) is 1. The molecule has 4 nitrogen and oxygen atoms in total. The SMILES string of the molecule is C=CCCCC(=O)O[C@H]1CC[C@H](/C=C/[C@H](COc2cccc(C(F)(F)F)c2)CC(C)(C)[Si](C)(C)O)[C@H]1CC=C. The second-order valence-corrected chi connectivity index (χ2v) is 16.2. The van der Waals surface area contributed by atoms with E-state index < -0.39 is 20.1 Å². The Morgan fingerprint density at radius 2 is 1.92 bits per heavy atom. The van der Waals surface area contributed by atoms with Crippen LogP contribution in [-0.4, -0.2) is 31.8 Å². The molecular formula is C31H45F3O4Si. The summed E-state index contributed by atoms with van der Waals surface area (Å²) in [5.41, 5.74) is -0.750. The van der Waals surface area contributed by atoms with Crippen molar-refractivity contribution in [2.45, 2.75) is 89.2 Å². The van der Waals surface area contributed by atoms with Gasteiger partial charge in [-0.25, -0.2) is 0 Å². The van der Waals surface area contributed by atoms with Gasteiger partial charge in [0.25, 0.3) is 0 Å². The molecule has 1 saturated carbocycles. The lowest BCUT2D eigenvalue weighted by atomic mass is 9.89. The number of halogens is 3. The van der Waals surface area contributed by atoms with Gasteiger partial charge in [0.2, 0.25) is 0 Å². The number of rotatable bonds is 15. The van der Waals surface area contributed by atoms with Crippen molar-refractivity contribution in [1.82, 2.24) is 0 Å². The number of benzene rings is 1. The first-order valence-electron chi connectivity index (χ1n) is 13.8. The molecule has 0 saturated heterocycles. The number of esters is 1. The average molecular weight is 567 g/mol. The minimum Gasteiger partial charge on any atom is -0.493 e. The van der Waals surface area contributed by atoms with Crippen molar-refractivity contribution in [3.63, 3.8) is 0 Å². The Morgan fingerprint density at radius 1 is 1.21 bits per heavy atom. The highest BCUT2D eigenvalue weighted by atomic mass is 28.4. The number of ether oxygens (including phenoxy) is 2. The van der Waals surface area contributed by atoms with Crippen LogP contribution >= 0.6 is 0 Å². The summed E-state index contributed by atoms with van der Waals surface area (Å²) in [6, 6.07) is 4.91. The molecule has 0 aliphatic heterocycles. The third kappa shape index (κ3) is 10.3. The maximum Gasteiger partial charge on any atom is 0.416 e. The molecule has 8 heteroatoms. The summed E-state index contributed by atoms with van der Waals surface area (Å²) in [7, 11) is -2.53. The lowest BCUT2D eigenvalue weighted by molar-refractivity contribution is -0.151. The van der Waals surface area contributed by atoms with Gasteiger partial charge in [-0.15, -0.1) is 13.2 Å². The van der Waals surface area contributed by atoms with E-state index in [1.165, 1.54) is 12.1 Å². The van der Waals surface area contributed by atoms with Crippen LogP contribution in [0.2, 0.25) is 18.1 Å². The molecule has 1 aromatic rings. The fourth-order valence-electron chi connectivity index (χ4n) is 4.94. The average Bonchev–Trinajstić information content (AvgIpc) is 3.21. The minimum absolute atomic E-state index is 0.115. The summed E-state index contributed by atoms with van der Waals surface area (Å²) < 4.78 is 51.2. The fraction of sp³-hybridized carbons (Fsp3) is 0.581. The van der Waals surface area contributed by atoms with Gasteiger partial charge < -0.3 is 14.3 Å². The van der Waals surface area contributed by atoms with E-state index in [9.17, 15) is 22.8 Å². The molecule has 0 bridgehead atoms. The van der Waals surface area contributed by atoms with Crippen LogP contribution in [-0.2, 0) is 15.7 Å². The zero-order chi connectivity index (χ0) is 29.3. The van der Waals surface area contributed by atoms with Gasteiger partial charge in [0.15, 0.2) is 8.32 Å². The molecule has 2 rings (SSSR count). The monoisotopic (exact) mass is 566 g/mol. The van der Waals surface area contributed by atoms with Gasteiger partial charge in [0, 0.05) is 18.3 Å². The van der Waals surface area contributed by atoms with E-state index in [2.05, 4.69) is 25.3 Å². The quantitative estimate of drug-likeness (QED) is 0.100. The van der Waals surface area contributed by atoms with Crippen molar-refractivity contribution in [2.24, 2.45) is 17.8 Å². The van der Waals surface area contributed by atoms with E-state index in [1.54, 1.807) is 6.08 Å². The van der Waals surface area contributed by atoms with E-state index in [-0.39, 0.29) is 47.2 Å². The van der Waals surface area contributed by atoms with Crippen molar-refractivity contribution in [2.75, 3.05) is 6.61 Å². The van der Waals surface area contributed by atoms with Gasteiger partial charge in [0.05, 0.1) is 12.2 Å². The van der Waals surface area contributed by atoms with Gasteiger partial charge in [-0.2, -0.15) is 13.2 Å². The first-order chi connectivity index (χ1) is 18.2. The topological polar surface area (TPSA) is 55.8 Å². The lowest BCUT2D eigenvalue weighted by Crippen LogP contribution is -2.40. The summed E-state index contributed by atoms with van der Waals surface area (Å²) in [4.78, 5) is 23.2. The Morgan fingerprint density at radius 3 is 2.54 bits per heavy atom. The number of hydrogen-bond acceptors (Lipinski definition) is 4. The number of hydrogen-bond donors (Lipinski definition) is 1. The van der Waals surface area contributed by atoms with Crippen molar-refractivity contribution in [1.29, 1.82) is 0 Å². The number of alkyl halides is 3. The van der Waals surface area contributed by atoms with Gasteiger partial charge in [-0.3, -0.25) is 4.79 Å². The van der Waals surface area contributed by atoms with Crippen LogP contribution in [0.1, 0.15) is 64.4 Å². The molecule has 0 heterocycles. The van der Waals surface area contributed by atoms with Crippen molar-refractivity contribution >= 4 is 14.3 Å². The Labute approximate surface area is 233 Å². The first kappa shape index (κ1) is 32.9. The Bertz CT molecular complexity index is 981. The molecule has 218 valence electrons. The standard InChI is InChI=1S/C31H45F3O4Si/c1-7-9-10-15-29(35)38-28-19-18-24(27(28)12-8-2)17-16-23(21-30(3,4)39(5,6)36)22-37-26-14-11-13-25(20-26)31(32,33)34/h7-8,11,13-14,16-17,20,23-24,27-28,36H,1-2,9-10,12,15,18-19,21-22H2,3-6H3/b17-16+/t23-,24-,27+,28-/m0/s1. The predicted molar refractivity (Wildman–Crippen MR) is 153 cm³/mol. The van der Waals surface area contributed by atoms with E-state index in [4.69, 9.17) is 9.47 Å². The number of carbonyl (C=O) groups is 1. The van der Waals surface area contributed by atoms with Gasteiger partial charge in [-0.1, -0.05) is 44.2 Å². The van der Waals surface area contributed by atoms with Crippen LogP contribution in [0.25, 0.3) is 0 Å². The normalized spacial score (nSPS) is 21.1. The van der Waals surface area contributed by atoms with E-state index in [0.29, 0.717) is 19.3 Å². The van der Waals surface area contributed by atoms with Crippen LogP contribution in [0.4, 0.5) is 13.2 Å². The zero-order valence-electron chi connectivity index (χ0n) is 23.8. The number of allylic oxidation sites excluding steroid dienone is 3. The van der Waals surface area contributed by atoms with Crippen molar-refractivity contribution in [3.8, 4) is 5.75 Å². The second-order valence-electron chi connectivity index (χ2n) is 11.8. The minimum atomic E-state index is -4.44. The molecule has 4 atom stereocenters. The third-order valence-electron chi connectivity index (χ3n) is 8.01. The first-order valence-corrected chi connectivity index (χ1v) is 16.7. The molecule has 1 aromatic carbocycles. The molecule has 1 aliphatic rings. The molecule has 0 aromatic heterocycles. The zero-order valence-corrected chi connectivity index (χ0v) is 24.8. The summed E-state index contributed by atoms with van der Waals surface area (Å²) in [6.07, 6.45) is 8.08. The predicted octanol–water partition coefficient (Wildman–Crippen LogP) is 8.49. The highest BCUT2D eigenvalue weighted by Crippen LogP contribution is 2.43. The van der Waals surface area contributed by atoms with E-state index in [1.807, 2.05) is 33.0 Å². The number of carbonyl (C=O) groups excluding carboxylic acids is 1. The second kappa shape index (κ2) is 14.4. The van der Waals surface area contributed by atoms with Crippen LogP contribution in [0.5, 0.6) is 5.75 Å². The van der Waals surface area contributed by atoms with Crippen molar-refractivity contribution in [3.05, 3.63) is 67.3 Å². The Hall–Kier alpha value is -2.32. The van der Waals surface area contributed by atoms with Crippen LogP contribution in [0.15, 0.2) is 61.7 Å². The molecule has 1 aliphatic carbocycles. The smallest absolute Gasteiger partial charge is 0.416 e. The maximum absolute atomic E-state index is 13.2. The summed E-state index contributed by atoms with van der Waals surface area (Å²) in [5.74, 6) is 0.134. The summed E-state index contributed by atoms with van der Waals surface area (Å²) in [5, 5.41) is -0.348. The maximum atomic E-state index is 13.2. The van der Waals surface area contributed by atoms with Gasteiger partial charge in [0.1, 0.15) is 11.9 Å². The fourth-order valence-corrected chi connectivity index (χ4v) is 5.70. The summed E-state index contributed by atoms with van der Waals surface area (Å²) in [6.45, 7) is 15.6. The highest BCUT2D eigenvalue weighted by Gasteiger charge is 2.40. The summed E-state index contributed by atoms with van der Waals surface area (Å²) >= 11 is 0. The van der Waals surface area contributed by atoms with Crippen LogP contribution in [0, 0.1) is 17.8 Å². The lowest BCUT2D eigenvalue weighted by Gasteiger charge is -2.37.